The van der Waals surface area contributed by atoms with Crippen LogP contribution in [0.1, 0.15) is 56.1 Å². The van der Waals surface area contributed by atoms with Crippen LogP contribution in [0.15, 0.2) is 30.5 Å². The van der Waals surface area contributed by atoms with Crippen molar-refractivity contribution >= 4 is 11.6 Å². The summed E-state index contributed by atoms with van der Waals surface area (Å²) in [5.74, 6) is -0.563. The first kappa shape index (κ1) is 24.4. The van der Waals surface area contributed by atoms with E-state index in [4.69, 9.17) is 0 Å². The second-order valence-corrected chi connectivity index (χ2v) is 8.58. The van der Waals surface area contributed by atoms with Gasteiger partial charge in [0.15, 0.2) is 0 Å². The van der Waals surface area contributed by atoms with Crippen LogP contribution in [0.25, 0.3) is 0 Å². The van der Waals surface area contributed by atoms with E-state index in [0.717, 1.165) is 50.8 Å². The second-order valence-electron chi connectivity index (χ2n) is 8.58. The molecule has 1 aliphatic carbocycles. The standard InChI is InChI=1S/C22H27F6N3O/c1-13(19-3-2-8-29-19)30-17-6-4-14(5-7-17)9-20(32)31-18-11-15(21(23,24)25)10-16(12-18)22(26,27)28/h10-12,14,17,19,29-30H,1-9H2,(H,31,32)/t14-,17+,19-/m1/s1. The maximum atomic E-state index is 13.0. The third-order valence-corrected chi connectivity index (χ3v) is 6.06. The highest BCUT2D eigenvalue weighted by Gasteiger charge is 2.37. The summed E-state index contributed by atoms with van der Waals surface area (Å²) in [6.07, 6.45) is -4.56. The number of hydrogen-bond acceptors (Lipinski definition) is 3. The van der Waals surface area contributed by atoms with Crippen LogP contribution in [0.2, 0.25) is 0 Å². The first-order chi connectivity index (χ1) is 14.9. The van der Waals surface area contributed by atoms with Crippen molar-refractivity contribution in [3.05, 3.63) is 41.6 Å². The Hall–Kier alpha value is -2.23. The molecule has 10 heteroatoms. The Morgan fingerprint density at radius 2 is 1.56 bits per heavy atom. The van der Waals surface area contributed by atoms with Gasteiger partial charge in [0.25, 0.3) is 0 Å². The van der Waals surface area contributed by atoms with E-state index in [1.807, 2.05) is 0 Å². The number of anilines is 1. The van der Waals surface area contributed by atoms with Crippen molar-refractivity contribution in [2.24, 2.45) is 5.92 Å². The number of carbonyl (C=O) groups is 1. The summed E-state index contributed by atoms with van der Waals surface area (Å²) >= 11 is 0. The van der Waals surface area contributed by atoms with Gasteiger partial charge in [-0.15, -0.1) is 0 Å². The topological polar surface area (TPSA) is 53.2 Å². The van der Waals surface area contributed by atoms with Gasteiger partial charge >= 0.3 is 12.4 Å². The van der Waals surface area contributed by atoms with Gasteiger partial charge in [0, 0.05) is 29.9 Å². The van der Waals surface area contributed by atoms with Crippen LogP contribution in [0, 0.1) is 5.92 Å². The first-order valence-corrected chi connectivity index (χ1v) is 10.7. The van der Waals surface area contributed by atoms with E-state index < -0.39 is 35.1 Å². The number of rotatable bonds is 6. The van der Waals surface area contributed by atoms with Crippen molar-refractivity contribution in [2.45, 2.75) is 69.4 Å². The highest BCUT2D eigenvalue weighted by atomic mass is 19.4. The van der Waals surface area contributed by atoms with Gasteiger partial charge < -0.3 is 16.0 Å². The molecule has 0 radical (unpaired) electrons. The SMILES string of the molecule is C=C(N[C@H]1CC[C@@H](CC(=O)Nc2cc(C(F)(F)F)cc(C(F)(F)F)c2)CC1)[C@H]1CCCN1. The molecule has 0 aromatic heterocycles. The molecule has 3 rings (SSSR count). The van der Waals surface area contributed by atoms with Crippen LogP contribution in [0.3, 0.4) is 0 Å². The maximum Gasteiger partial charge on any atom is 0.416 e. The number of alkyl halides is 6. The third-order valence-electron chi connectivity index (χ3n) is 6.06. The lowest BCUT2D eigenvalue weighted by atomic mass is 9.83. The van der Waals surface area contributed by atoms with Crippen LogP contribution in [-0.2, 0) is 17.1 Å². The smallest absolute Gasteiger partial charge is 0.385 e. The lowest BCUT2D eigenvalue weighted by molar-refractivity contribution is -0.143. The molecule has 1 saturated carbocycles. The highest BCUT2D eigenvalue weighted by Crippen LogP contribution is 2.37. The zero-order valence-electron chi connectivity index (χ0n) is 17.5. The number of hydrogen-bond donors (Lipinski definition) is 3. The molecule has 4 nitrogen and oxygen atoms in total. The molecule has 2 aliphatic rings. The summed E-state index contributed by atoms with van der Waals surface area (Å²) in [5, 5.41) is 9.04. The van der Waals surface area contributed by atoms with E-state index in [9.17, 15) is 31.1 Å². The number of nitrogens with one attached hydrogen (secondary N) is 3. The van der Waals surface area contributed by atoms with Crippen LogP contribution < -0.4 is 16.0 Å². The molecule has 1 atom stereocenters. The van der Waals surface area contributed by atoms with Gasteiger partial charge in [0.05, 0.1) is 11.1 Å². The molecule has 0 spiro atoms. The summed E-state index contributed by atoms with van der Waals surface area (Å²) in [7, 11) is 0. The maximum absolute atomic E-state index is 13.0. The largest absolute Gasteiger partial charge is 0.416 e. The van der Waals surface area contributed by atoms with Crippen LogP contribution in [0.4, 0.5) is 32.0 Å². The first-order valence-electron chi connectivity index (χ1n) is 10.7. The molecule has 3 N–H and O–H groups in total. The Kier molecular flexibility index (Phi) is 7.42. The normalized spacial score (nSPS) is 24.2. The van der Waals surface area contributed by atoms with Gasteiger partial charge in [-0.05, 0) is 69.2 Å². The Bertz CT molecular complexity index is 790. The van der Waals surface area contributed by atoms with E-state index in [1.165, 1.54) is 0 Å². The lowest BCUT2D eigenvalue weighted by Crippen LogP contribution is -2.39. The summed E-state index contributed by atoms with van der Waals surface area (Å²) in [6, 6.07) is 1.61. The second kappa shape index (κ2) is 9.72. The van der Waals surface area contributed by atoms with E-state index >= 15 is 0 Å². The molecule has 0 bridgehead atoms. The quantitative estimate of drug-likeness (QED) is 0.491. The van der Waals surface area contributed by atoms with E-state index in [0.29, 0.717) is 12.1 Å². The predicted octanol–water partition coefficient (Wildman–Crippen LogP) is 5.47. The molecule has 1 saturated heterocycles. The molecule has 1 amide bonds. The fourth-order valence-electron chi connectivity index (χ4n) is 4.36. The highest BCUT2D eigenvalue weighted by molar-refractivity contribution is 5.91. The van der Waals surface area contributed by atoms with Crippen LogP contribution >= 0.6 is 0 Å². The summed E-state index contributed by atoms with van der Waals surface area (Å²) in [5.41, 5.74) is -2.45. The van der Waals surface area contributed by atoms with Crippen molar-refractivity contribution in [3.8, 4) is 0 Å². The van der Waals surface area contributed by atoms with Gasteiger partial charge in [0.2, 0.25) is 5.91 Å². The Balaban J connectivity index is 1.53. The Labute approximate surface area is 182 Å². The van der Waals surface area contributed by atoms with Crippen LogP contribution in [0.5, 0.6) is 0 Å². The number of amides is 1. The van der Waals surface area contributed by atoms with Crippen molar-refractivity contribution in [3.63, 3.8) is 0 Å². The zero-order valence-corrected chi connectivity index (χ0v) is 17.5. The fourth-order valence-corrected chi connectivity index (χ4v) is 4.36. The Morgan fingerprint density at radius 3 is 2.06 bits per heavy atom. The minimum Gasteiger partial charge on any atom is -0.385 e. The van der Waals surface area contributed by atoms with Gasteiger partial charge in [0.1, 0.15) is 0 Å². The molecule has 178 valence electrons. The van der Waals surface area contributed by atoms with Crippen molar-refractivity contribution in [1.29, 1.82) is 0 Å². The summed E-state index contributed by atoms with van der Waals surface area (Å²) in [4.78, 5) is 12.3. The average molecular weight is 463 g/mol. The minimum atomic E-state index is -4.95. The van der Waals surface area contributed by atoms with Gasteiger partial charge in [-0.2, -0.15) is 26.3 Å². The number of halogens is 6. The monoisotopic (exact) mass is 463 g/mol. The minimum absolute atomic E-state index is 0.0267. The van der Waals surface area contributed by atoms with Gasteiger partial charge in [-0.3, -0.25) is 4.79 Å². The number of carbonyl (C=O) groups excluding carboxylic acids is 1. The van der Waals surface area contributed by atoms with Crippen molar-refractivity contribution in [2.75, 3.05) is 11.9 Å². The lowest BCUT2D eigenvalue weighted by Gasteiger charge is -2.31. The molecule has 0 unspecified atom stereocenters. The third kappa shape index (κ3) is 6.63. The van der Waals surface area contributed by atoms with E-state index in [2.05, 4.69) is 22.5 Å². The van der Waals surface area contributed by atoms with E-state index in [1.54, 1.807) is 0 Å². The molecule has 1 aromatic carbocycles. The molecule has 32 heavy (non-hydrogen) atoms. The fraction of sp³-hybridized carbons (Fsp3) is 0.591. The molecule has 1 aliphatic heterocycles. The summed E-state index contributed by atoms with van der Waals surface area (Å²) < 4.78 is 77.9. The van der Waals surface area contributed by atoms with Gasteiger partial charge in [-0.1, -0.05) is 6.58 Å². The average Bonchev–Trinajstić information content (AvgIpc) is 3.23. The molecular weight excluding hydrogens is 436 g/mol. The molecule has 1 heterocycles. The van der Waals surface area contributed by atoms with Gasteiger partial charge in [-0.25, -0.2) is 0 Å². The van der Waals surface area contributed by atoms with E-state index in [-0.39, 0.29) is 30.5 Å². The molecular formula is C22H27F6N3O. The molecule has 2 fully saturated rings. The van der Waals surface area contributed by atoms with Crippen molar-refractivity contribution < 1.29 is 31.1 Å². The number of benzene rings is 1. The Morgan fingerprint density at radius 1 is 0.969 bits per heavy atom. The van der Waals surface area contributed by atoms with Crippen molar-refractivity contribution in [1.82, 2.24) is 10.6 Å². The zero-order chi connectivity index (χ0) is 23.5. The van der Waals surface area contributed by atoms with Crippen LogP contribution in [-0.4, -0.2) is 24.5 Å². The molecule has 1 aromatic rings. The predicted molar refractivity (Wildman–Crippen MR) is 109 cm³/mol. The summed E-state index contributed by atoms with van der Waals surface area (Å²) in [6.45, 7) is 5.07.